The number of hydrogen-bond donors (Lipinski definition) is 0. The molecule has 0 fully saturated rings. The van der Waals surface area contributed by atoms with Crippen molar-refractivity contribution in [2.24, 2.45) is 0 Å². The van der Waals surface area contributed by atoms with Gasteiger partial charge < -0.3 is 28.4 Å². The highest BCUT2D eigenvalue weighted by molar-refractivity contribution is 5.81. The van der Waals surface area contributed by atoms with Crippen LogP contribution in [0, 0.1) is 0 Å². The molecule has 0 radical (unpaired) electrons. The number of carbonyl (C=O) groups is 1. The Morgan fingerprint density at radius 1 is 0.667 bits per heavy atom. The van der Waals surface area contributed by atoms with Crippen molar-refractivity contribution in [3.05, 3.63) is 23.8 Å². The molecular formula is C17H24O7. The zero-order valence-electron chi connectivity index (χ0n) is 13.7. The summed E-state index contributed by atoms with van der Waals surface area (Å²) in [6, 6.07) is 5.20. The number of aldehydes is 1. The van der Waals surface area contributed by atoms with E-state index in [1.807, 2.05) is 0 Å². The van der Waals surface area contributed by atoms with E-state index in [4.69, 9.17) is 28.4 Å². The molecular weight excluding hydrogens is 316 g/mol. The third-order valence-electron chi connectivity index (χ3n) is 3.21. The lowest BCUT2D eigenvalue weighted by Crippen LogP contribution is -2.16. The molecule has 0 saturated carbocycles. The molecule has 0 aromatic heterocycles. The van der Waals surface area contributed by atoms with Crippen LogP contribution in [0.1, 0.15) is 10.4 Å². The van der Waals surface area contributed by atoms with Gasteiger partial charge in [0.1, 0.15) is 13.2 Å². The summed E-state index contributed by atoms with van der Waals surface area (Å²) >= 11 is 0. The van der Waals surface area contributed by atoms with Crippen molar-refractivity contribution in [1.82, 2.24) is 0 Å². The standard InChI is InChI=1S/C17H24O7/c18-14-15-2-1-3-16-17(15)24-13-11-22-9-7-20-5-4-19-6-8-21-10-12-23-16/h1-3,14H,4-13H2. The SMILES string of the molecule is O=Cc1cccc2c1OCCOCCOCCOCCOCCO2. The first-order chi connectivity index (χ1) is 11.9. The molecule has 7 heteroatoms. The summed E-state index contributed by atoms with van der Waals surface area (Å²) in [5.74, 6) is 0.945. The summed E-state index contributed by atoms with van der Waals surface area (Å²) in [7, 11) is 0. The highest BCUT2D eigenvalue weighted by Gasteiger charge is 2.11. The number of benzene rings is 1. The van der Waals surface area contributed by atoms with Gasteiger partial charge in [-0.25, -0.2) is 0 Å². The fourth-order valence-corrected chi connectivity index (χ4v) is 2.07. The summed E-state index contributed by atoms with van der Waals surface area (Å²) in [6.45, 7) is 4.54. The zero-order chi connectivity index (χ0) is 16.9. The van der Waals surface area contributed by atoms with Crippen LogP contribution in [0.2, 0.25) is 0 Å². The lowest BCUT2D eigenvalue weighted by molar-refractivity contribution is -0.00844. The van der Waals surface area contributed by atoms with Crippen LogP contribution >= 0.6 is 0 Å². The molecule has 134 valence electrons. The number of para-hydroxylation sites is 1. The Kier molecular flexibility index (Phi) is 9.18. The van der Waals surface area contributed by atoms with E-state index in [1.54, 1.807) is 18.2 Å². The molecule has 1 aliphatic heterocycles. The largest absolute Gasteiger partial charge is 0.487 e. The van der Waals surface area contributed by atoms with Gasteiger partial charge in [-0.05, 0) is 12.1 Å². The van der Waals surface area contributed by atoms with Gasteiger partial charge in [0.2, 0.25) is 0 Å². The average molecular weight is 340 g/mol. The Bertz CT molecular complexity index is 478. The van der Waals surface area contributed by atoms with Crippen LogP contribution < -0.4 is 9.47 Å². The van der Waals surface area contributed by atoms with Crippen molar-refractivity contribution in [1.29, 1.82) is 0 Å². The normalized spacial score (nSPS) is 19.0. The van der Waals surface area contributed by atoms with Crippen LogP contribution in [0.5, 0.6) is 11.5 Å². The molecule has 7 nitrogen and oxygen atoms in total. The molecule has 1 heterocycles. The monoisotopic (exact) mass is 340 g/mol. The van der Waals surface area contributed by atoms with Crippen molar-refractivity contribution in [3.63, 3.8) is 0 Å². The Morgan fingerprint density at radius 2 is 1.17 bits per heavy atom. The summed E-state index contributed by atoms with van der Waals surface area (Å²) < 4.78 is 32.9. The minimum absolute atomic E-state index is 0.320. The van der Waals surface area contributed by atoms with E-state index < -0.39 is 0 Å². The van der Waals surface area contributed by atoms with Gasteiger partial charge in [-0.2, -0.15) is 0 Å². The second kappa shape index (κ2) is 11.8. The maximum absolute atomic E-state index is 11.2. The third-order valence-corrected chi connectivity index (χ3v) is 3.21. The summed E-state index contributed by atoms with van der Waals surface area (Å²) in [4.78, 5) is 11.2. The molecule has 1 aromatic rings. The second-order valence-electron chi connectivity index (χ2n) is 4.94. The van der Waals surface area contributed by atoms with Gasteiger partial charge in [-0.15, -0.1) is 0 Å². The van der Waals surface area contributed by atoms with Crippen LogP contribution in [-0.2, 0) is 18.9 Å². The van der Waals surface area contributed by atoms with Crippen LogP contribution in [-0.4, -0.2) is 72.4 Å². The van der Waals surface area contributed by atoms with Gasteiger partial charge in [0.25, 0.3) is 0 Å². The summed E-state index contributed by atoms with van der Waals surface area (Å²) in [5, 5.41) is 0. The molecule has 0 aliphatic carbocycles. The molecule has 2 rings (SSSR count). The molecule has 0 spiro atoms. The molecule has 0 N–H and O–H groups in total. The predicted octanol–water partition coefficient (Wildman–Crippen LogP) is 1.34. The van der Waals surface area contributed by atoms with E-state index in [9.17, 15) is 4.79 Å². The van der Waals surface area contributed by atoms with E-state index in [1.165, 1.54) is 0 Å². The third kappa shape index (κ3) is 6.84. The number of ether oxygens (including phenoxy) is 6. The van der Waals surface area contributed by atoms with Crippen molar-refractivity contribution in [2.75, 3.05) is 66.1 Å². The Labute approximate surface area is 141 Å². The molecule has 0 amide bonds. The topological polar surface area (TPSA) is 72.5 Å². The van der Waals surface area contributed by atoms with Gasteiger partial charge in [0.05, 0.1) is 58.4 Å². The van der Waals surface area contributed by atoms with Crippen LogP contribution in [0.15, 0.2) is 18.2 Å². The zero-order valence-corrected chi connectivity index (χ0v) is 13.7. The number of rotatable bonds is 1. The Morgan fingerprint density at radius 3 is 1.71 bits per heavy atom. The molecule has 0 unspecified atom stereocenters. The van der Waals surface area contributed by atoms with Crippen LogP contribution in [0.3, 0.4) is 0 Å². The molecule has 24 heavy (non-hydrogen) atoms. The van der Waals surface area contributed by atoms with Gasteiger partial charge in [-0.1, -0.05) is 6.07 Å². The van der Waals surface area contributed by atoms with Gasteiger partial charge in [-0.3, -0.25) is 4.79 Å². The van der Waals surface area contributed by atoms with E-state index in [0.717, 1.165) is 6.29 Å². The molecule has 1 aromatic carbocycles. The first-order valence-electron chi connectivity index (χ1n) is 8.06. The number of carbonyl (C=O) groups excluding carboxylic acids is 1. The minimum atomic E-state index is 0.320. The second-order valence-corrected chi connectivity index (χ2v) is 4.94. The highest BCUT2D eigenvalue weighted by atomic mass is 16.6. The quantitative estimate of drug-likeness (QED) is 0.714. The lowest BCUT2D eigenvalue weighted by Gasteiger charge is -2.15. The Balaban J connectivity index is 1.92. The minimum Gasteiger partial charge on any atom is -0.487 e. The molecule has 0 saturated heterocycles. The maximum Gasteiger partial charge on any atom is 0.171 e. The number of hydrogen-bond acceptors (Lipinski definition) is 7. The molecule has 1 aliphatic rings. The smallest absolute Gasteiger partial charge is 0.171 e. The van der Waals surface area contributed by atoms with Crippen molar-refractivity contribution in [2.45, 2.75) is 0 Å². The average Bonchev–Trinajstić information content (AvgIpc) is 2.61. The maximum atomic E-state index is 11.2. The predicted molar refractivity (Wildman–Crippen MR) is 86.1 cm³/mol. The Hall–Kier alpha value is -1.67. The molecule has 0 bridgehead atoms. The van der Waals surface area contributed by atoms with Crippen molar-refractivity contribution < 1.29 is 33.2 Å². The van der Waals surface area contributed by atoms with Crippen molar-refractivity contribution in [3.8, 4) is 11.5 Å². The van der Waals surface area contributed by atoms with Crippen LogP contribution in [0.25, 0.3) is 0 Å². The van der Waals surface area contributed by atoms with E-state index in [-0.39, 0.29) is 0 Å². The van der Waals surface area contributed by atoms with E-state index in [0.29, 0.717) is 83.1 Å². The van der Waals surface area contributed by atoms with Crippen molar-refractivity contribution >= 4 is 6.29 Å². The lowest BCUT2D eigenvalue weighted by atomic mass is 10.2. The van der Waals surface area contributed by atoms with E-state index in [2.05, 4.69) is 0 Å². The van der Waals surface area contributed by atoms with Crippen LogP contribution in [0.4, 0.5) is 0 Å². The fourth-order valence-electron chi connectivity index (χ4n) is 2.07. The fraction of sp³-hybridized carbons (Fsp3) is 0.588. The first kappa shape index (κ1) is 18.7. The highest BCUT2D eigenvalue weighted by Crippen LogP contribution is 2.30. The summed E-state index contributed by atoms with van der Waals surface area (Å²) in [6.07, 6.45) is 0.747. The van der Waals surface area contributed by atoms with Gasteiger partial charge >= 0.3 is 0 Å². The molecule has 0 atom stereocenters. The van der Waals surface area contributed by atoms with E-state index >= 15 is 0 Å². The first-order valence-corrected chi connectivity index (χ1v) is 8.06. The van der Waals surface area contributed by atoms with Gasteiger partial charge in [0.15, 0.2) is 17.8 Å². The van der Waals surface area contributed by atoms with Gasteiger partial charge in [0, 0.05) is 0 Å². The number of fused-ring (bicyclic) bond motifs is 1. The summed E-state index contributed by atoms with van der Waals surface area (Å²) in [5.41, 5.74) is 0.444.